The van der Waals surface area contributed by atoms with Crippen LogP contribution in [-0.4, -0.2) is 0 Å². The Balaban J connectivity index is 0.929. The number of rotatable bonds is 8. The van der Waals surface area contributed by atoms with Crippen molar-refractivity contribution in [1.82, 2.24) is 0 Å². The molecule has 0 saturated heterocycles. The third kappa shape index (κ3) is 6.97. The Bertz CT molecular complexity index is 3750. The number of fused-ring (bicyclic) bond motifs is 4. The normalized spacial score (nSPS) is 11.6. The predicted molar refractivity (Wildman–Crippen MR) is 284 cm³/mol. The van der Waals surface area contributed by atoms with E-state index >= 15 is 0 Å². The second kappa shape index (κ2) is 16.8. The summed E-state index contributed by atoms with van der Waals surface area (Å²) in [4.78, 5) is 0. The minimum absolute atomic E-state index is 1.16. The molecule has 0 aromatic heterocycles. The van der Waals surface area contributed by atoms with Crippen LogP contribution in [0.4, 0.5) is 0 Å². The first kappa shape index (κ1) is 39.0. The van der Waals surface area contributed by atoms with E-state index < -0.39 is 0 Å². The van der Waals surface area contributed by atoms with E-state index in [1.54, 1.807) is 0 Å². The molecule has 12 aromatic carbocycles. The largest absolute Gasteiger partial charge is 0.0622 e. The molecule has 0 unspecified atom stereocenters. The summed E-state index contributed by atoms with van der Waals surface area (Å²) in [5, 5.41) is 10.1. The molecule has 0 heteroatoms. The highest BCUT2D eigenvalue weighted by Crippen LogP contribution is 2.48. The zero-order valence-corrected chi connectivity index (χ0v) is 36.4. The van der Waals surface area contributed by atoms with E-state index in [-0.39, 0.29) is 0 Å². The topological polar surface area (TPSA) is 0 Å². The van der Waals surface area contributed by atoms with Crippen molar-refractivity contribution in [2.75, 3.05) is 0 Å². The molecule has 12 aromatic rings. The van der Waals surface area contributed by atoms with Gasteiger partial charge in [0.25, 0.3) is 0 Å². The van der Waals surface area contributed by atoms with Gasteiger partial charge in [0.1, 0.15) is 0 Å². The predicted octanol–water partition coefficient (Wildman–Crippen LogP) is 18.5. The van der Waals surface area contributed by atoms with Gasteiger partial charge in [-0.3, -0.25) is 0 Å². The lowest BCUT2D eigenvalue weighted by atomic mass is 9.83. The van der Waals surface area contributed by atoms with Crippen molar-refractivity contribution in [3.8, 4) is 66.8 Å². The molecule has 0 radical (unpaired) electrons. The summed E-state index contributed by atoms with van der Waals surface area (Å²) < 4.78 is 0. The van der Waals surface area contributed by atoms with Gasteiger partial charge < -0.3 is 0 Å². The fourth-order valence-corrected chi connectivity index (χ4v) is 10.3. The van der Waals surface area contributed by atoms with E-state index in [1.165, 1.54) is 110 Å². The minimum Gasteiger partial charge on any atom is -0.0622 e. The maximum Gasteiger partial charge on any atom is -0.00141 e. The van der Waals surface area contributed by atoms with Crippen LogP contribution in [0.25, 0.3) is 122 Å². The fraction of sp³-hybridized carbons (Fsp3) is 0. The molecule has 0 heterocycles. The van der Waals surface area contributed by atoms with Crippen molar-refractivity contribution in [1.29, 1.82) is 0 Å². The molecular weight excluding hydrogens is 793 g/mol. The Morgan fingerprint density at radius 2 is 0.591 bits per heavy atom. The summed E-state index contributed by atoms with van der Waals surface area (Å²) >= 11 is 0. The molecular formula is C66H44. The highest BCUT2D eigenvalue weighted by Gasteiger charge is 2.20. The van der Waals surface area contributed by atoms with Crippen molar-refractivity contribution >= 4 is 55.2 Å². The lowest BCUT2D eigenvalue weighted by Gasteiger charge is -2.20. The molecule has 0 fully saturated rings. The van der Waals surface area contributed by atoms with Crippen LogP contribution in [0.5, 0.6) is 0 Å². The molecule has 0 amide bonds. The molecule has 66 heavy (non-hydrogen) atoms. The van der Waals surface area contributed by atoms with Crippen molar-refractivity contribution < 1.29 is 0 Å². The third-order valence-corrected chi connectivity index (χ3v) is 13.2. The first-order valence-corrected chi connectivity index (χ1v) is 22.8. The third-order valence-electron chi connectivity index (χ3n) is 13.2. The van der Waals surface area contributed by atoms with Crippen LogP contribution < -0.4 is 0 Å². The maximum atomic E-state index is 2.40. The van der Waals surface area contributed by atoms with Crippen LogP contribution in [0.3, 0.4) is 0 Å². The molecule has 12 rings (SSSR count). The van der Waals surface area contributed by atoms with Gasteiger partial charge in [0.2, 0.25) is 0 Å². The SMILES string of the molecule is C(=Cc1cccc(-c2cccc3c(-c4ccccc4)c4ccccc4c(-c4ccccc4)c23)c1)c1ccc(-c2ccc3c(-c4ccccc4)c4ccccc4c(-c4ccccc4)c3c2)cc1. The van der Waals surface area contributed by atoms with Crippen molar-refractivity contribution in [3.05, 3.63) is 266 Å². The number of benzene rings is 12. The fourth-order valence-electron chi connectivity index (χ4n) is 10.3. The Morgan fingerprint density at radius 1 is 0.197 bits per heavy atom. The average molecular weight is 837 g/mol. The highest BCUT2D eigenvalue weighted by atomic mass is 14.2. The van der Waals surface area contributed by atoms with Crippen LogP contribution >= 0.6 is 0 Å². The standard InChI is InChI=1S/C66H44/c1-5-20-48(21-6-1)62-55-29-13-14-30-56(55)64(50-24-9-3-10-25-50)61-44-52(41-42-59(61)62)47-39-37-45(38-40-47)35-36-46-19-17-28-53(43-46)54-33-18-34-60-63(49-22-7-2-8-23-49)57-31-15-16-32-58(57)65(66(54)60)51-26-11-4-12-27-51/h1-44H. The van der Waals surface area contributed by atoms with Crippen LogP contribution in [-0.2, 0) is 0 Å². The van der Waals surface area contributed by atoms with Gasteiger partial charge in [-0.15, -0.1) is 0 Å². The van der Waals surface area contributed by atoms with Crippen molar-refractivity contribution in [2.24, 2.45) is 0 Å². The Morgan fingerprint density at radius 3 is 1.15 bits per heavy atom. The lowest BCUT2D eigenvalue weighted by Crippen LogP contribution is -1.93. The molecule has 0 atom stereocenters. The van der Waals surface area contributed by atoms with Gasteiger partial charge in [-0.05, 0) is 133 Å². The summed E-state index contributed by atoms with van der Waals surface area (Å²) in [6.07, 6.45) is 4.47. The maximum absolute atomic E-state index is 2.40. The van der Waals surface area contributed by atoms with E-state index in [4.69, 9.17) is 0 Å². The Kier molecular flexibility index (Phi) is 9.97. The first-order valence-electron chi connectivity index (χ1n) is 22.8. The van der Waals surface area contributed by atoms with E-state index in [0.29, 0.717) is 0 Å². The Labute approximate surface area is 386 Å². The van der Waals surface area contributed by atoms with Crippen LogP contribution in [0.15, 0.2) is 255 Å². The Hall–Kier alpha value is -8.58. The van der Waals surface area contributed by atoms with Crippen LogP contribution in [0.2, 0.25) is 0 Å². The molecule has 0 spiro atoms. The van der Waals surface area contributed by atoms with Crippen molar-refractivity contribution in [3.63, 3.8) is 0 Å². The lowest BCUT2D eigenvalue weighted by molar-refractivity contribution is 1.60. The first-order chi connectivity index (χ1) is 32.8. The molecule has 0 bridgehead atoms. The molecule has 0 aliphatic rings. The molecule has 0 aliphatic carbocycles. The van der Waals surface area contributed by atoms with Gasteiger partial charge in [-0.25, -0.2) is 0 Å². The van der Waals surface area contributed by atoms with Gasteiger partial charge >= 0.3 is 0 Å². The summed E-state index contributed by atoms with van der Waals surface area (Å²) in [6.45, 7) is 0. The monoisotopic (exact) mass is 836 g/mol. The molecule has 0 saturated carbocycles. The summed E-state index contributed by atoms with van der Waals surface area (Å²) in [6, 6.07) is 93.0. The van der Waals surface area contributed by atoms with E-state index in [2.05, 4.69) is 267 Å². The van der Waals surface area contributed by atoms with E-state index in [1.807, 2.05) is 0 Å². The molecule has 0 N–H and O–H groups in total. The second-order valence-electron chi connectivity index (χ2n) is 17.1. The van der Waals surface area contributed by atoms with E-state index in [9.17, 15) is 0 Å². The zero-order valence-electron chi connectivity index (χ0n) is 36.4. The summed E-state index contributed by atoms with van der Waals surface area (Å²) in [7, 11) is 0. The van der Waals surface area contributed by atoms with Gasteiger partial charge in [0, 0.05) is 0 Å². The van der Waals surface area contributed by atoms with Gasteiger partial charge in [0.15, 0.2) is 0 Å². The summed E-state index contributed by atoms with van der Waals surface area (Å²) in [5.74, 6) is 0. The summed E-state index contributed by atoms with van der Waals surface area (Å²) in [5.41, 5.74) is 17.1. The second-order valence-corrected chi connectivity index (χ2v) is 17.1. The molecule has 0 aliphatic heterocycles. The molecule has 0 nitrogen and oxygen atoms in total. The van der Waals surface area contributed by atoms with Crippen LogP contribution in [0, 0.1) is 0 Å². The van der Waals surface area contributed by atoms with Crippen molar-refractivity contribution in [2.45, 2.75) is 0 Å². The van der Waals surface area contributed by atoms with Gasteiger partial charge in [-0.1, -0.05) is 255 Å². The number of hydrogen-bond acceptors (Lipinski definition) is 0. The number of hydrogen-bond donors (Lipinski definition) is 0. The smallest absolute Gasteiger partial charge is 0.00141 e. The van der Waals surface area contributed by atoms with Gasteiger partial charge in [0.05, 0.1) is 0 Å². The zero-order chi connectivity index (χ0) is 43.8. The van der Waals surface area contributed by atoms with Crippen LogP contribution in [0.1, 0.15) is 11.1 Å². The van der Waals surface area contributed by atoms with E-state index in [0.717, 1.165) is 11.1 Å². The molecule has 308 valence electrons. The minimum atomic E-state index is 1.16. The average Bonchev–Trinajstić information content (AvgIpc) is 3.39. The van der Waals surface area contributed by atoms with Gasteiger partial charge in [-0.2, -0.15) is 0 Å². The highest BCUT2D eigenvalue weighted by molar-refractivity contribution is 6.25. The quantitative estimate of drug-likeness (QED) is 0.106.